The number of anilines is 2. The minimum atomic E-state index is -0.303. The van der Waals surface area contributed by atoms with Crippen LogP contribution in [0.4, 0.5) is 15.9 Å². The number of fused-ring (bicyclic) bond motifs is 1. The number of amides is 1. The van der Waals surface area contributed by atoms with E-state index in [0.29, 0.717) is 16.9 Å². The molecule has 4 aromatic rings. The topological polar surface area (TPSA) is 86.8 Å². The van der Waals surface area contributed by atoms with E-state index in [0.717, 1.165) is 43.0 Å². The molecule has 0 bridgehead atoms. The zero-order chi connectivity index (χ0) is 21.2. The first-order chi connectivity index (χ1) is 15.2. The van der Waals surface area contributed by atoms with Crippen molar-refractivity contribution in [3.05, 3.63) is 66.9 Å². The third-order valence-corrected chi connectivity index (χ3v) is 5.61. The highest BCUT2D eigenvalue weighted by molar-refractivity contribution is 5.93. The predicted octanol–water partition coefficient (Wildman–Crippen LogP) is 4.01. The lowest BCUT2D eigenvalue weighted by molar-refractivity contribution is -0.120. The summed E-state index contributed by atoms with van der Waals surface area (Å²) in [4.78, 5) is 30.9. The number of hydrogen-bond donors (Lipinski definition) is 2. The average Bonchev–Trinajstić information content (AvgIpc) is 3.23. The van der Waals surface area contributed by atoms with Crippen molar-refractivity contribution in [3.63, 3.8) is 0 Å². The molecule has 0 aliphatic carbocycles. The van der Waals surface area contributed by atoms with E-state index in [1.165, 1.54) is 12.1 Å². The molecule has 2 aromatic carbocycles. The monoisotopic (exact) mass is 416 g/mol. The van der Waals surface area contributed by atoms with Gasteiger partial charge in [0, 0.05) is 42.7 Å². The van der Waals surface area contributed by atoms with Gasteiger partial charge in [-0.25, -0.2) is 14.4 Å². The van der Waals surface area contributed by atoms with Crippen molar-refractivity contribution < 1.29 is 9.18 Å². The Morgan fingerprint density at radius 3 is 2.65 bits per heavy atom. The second-order valence-electron chi connectivity index (χ2n) is 7.64. The molecule has 2 aromatic heterocycles. The van der Waals surface area contributed by atoms with Crippen LogP contribution in [0.2, 0.25) is 0 Å². The number of carbonyl (C=O) groups is 1. The van der Waals surface area contributed by atoms with Crippen molar-refractivity contribution in [2.45, 2.75) is 12.8 Å². The van der Waals surface area contributed by atoms with Gasteiger partial charge in [-0.1, -0.05) is 0 Å². The minimum Gasteiger partial charge on any atom is -0.355 e. The van der Waals surface area contributed by atoms with Crippen LogP contribution in [0.3, 0.4) is 0 Å². The summed E-state index contributed by atoms with van der Waals surface area (Å²) in [6, 6.07) is 12.0. The van der Waals surface area contributed by atoms with E-state index >= 15 is 0 Å². The van der Waals surface area contributed by atoms with Crippen LogP contribution in [0, 0.1) is 11.7 Å². The molecule has 8 heteroatoms. The summed E-state index contributed by atoms with van der Waals surface area (Å²) in [5, 5.41) is 3.01. The Kier molecular flexibility index (Phi) is 5.03. The Morgan fingerprint density at radius 1 is 1.10 bits per heavy atom. The Balaban J connectivity index is 1.21. The molecule has 0 unspecified atom stereocenters. The SMILES string of the molecule is O=C(Nc1ccc(-c2nc3ccc(F)cc3[nH]2)cc1)C1CCN(c2cnccn2)CC1. The van der Waals surface area contributed by atoms with Crippen LogP contribution in [-0.4, -0.2) is 38.9 Å². The molecule has 1 saturated heterocycles. The first kappa shape index (κ1) is 19.2. The van der Waals surface area contributed by atoms with Crippen LogP contribution < -0.4 is 10.2 Å². The number of hydrogen-bond acceptors (Lipinski definition) is 5. The molecule has 0 radical (unpaired) electrons. The highest BCUT2D eigenvalue weighted by Crippen LogP contribution is 2.25. The summed E-state index contributed by atoms with van der Waals surface area (Å²) >= 11 is 0. The summed E-state index contributed by atoms with van der Waals surface area (Å²) in [6.45, 7) is 1.56. The maximum absolute atomic E-state index is 13.4. The number of nitrogens with zero attached hydrogens (tertiary/aromatic N) is 4. The van der Waals surface area contributed by atoms with Gasteiger partial charge in [-0.05, 0) is 55.3 Å². The Bertz CT molecular complexity index is 1200. The van der Waals surface area contributed by atoms with E-state index < -0.39 is 0 Å². The van der Waals surface area contributed by atoms with Gasteiger partial charge in [0.25, 0.3) is 0 Å². The molecule has 156 valence electrons. The van der Waals surface area contributed by atoms with Crippen molar-refractivity contribution in [1.82, 2.24) is 19.9 Å². The maximum atomic E-state index is 13.4. The zero-order valence-corrected chi connectivity index (χ0v) is 16.8. The van der Waals surface area contributed by atoms with Crippen molar-refractivity contribution in [2.75, 3.05) is 23.3 Å². The minimum absolute atomic E-state index is 0.0298. The third-order valence-electron chi connectivity index (χ3n) is 5.61. The van der Waals surface area contributed by atoms with Crippen LogP contribution >= 0.6 is 0 Å². The second-order valence-corrected chi connectivity index (χ2v) is 7.64. The molecule has 0 spiro atoms. The molecule has 1 fully saturated rings. The van der Waals surface area contributed by atoms with Gasteiger partial charge in [-0.15, -0.1) is 0 Å². The number of nitrogens with one attached hydrogen (secondary N) is 2. The lowest BCUT2D eigenvalue weighted by Gasteiger charge is -2.31. The number of halogens is 1. The van der Waals surface area contributed by atoms with Gasteiger partial charge < -0.3 is 15.2 Å². The van der Waals surface area contributed by atoms with Crippen molar-refractivity contribution in [3.8, 4) is 11.4 Å². The molecular weight excluding hydrogens is 395 g/mol. The molecule has 0 atom stereocenters. The molecular formula is C23H21FN6O. The fourth-order valence-electron chi connectivity index (χ4n) is 3.90. The van der Waals surface area contributed by atoms with Crippen LogP contribution in [0.15, 0.2) is 61.1 Å². The lowest BCUT2D eigenvalue weighted by Crippen LogP contribution is -2.38. The van der Waals surface area contributed by atoms with Crippen molar-refractivity contribution in [1.29, 1.82) is 0 Å². The van der Waals surface area contributed by atoms with E-state index in [1.807, 2.05) is 24.3 Å². The maximum Gasteiger partial charge on any atom is 0.227 e. The number of piperidine rings is 1. The highest BCUT2D eigenvalue weighted by atomic mass is 19.1. The number of rotatable bonds is 4. The summed E-state index contributed by atoms with van der Waals surface area (Å²) in [7, 11) is 0. The summed E-state index contributed by atoms with van der Waals surface area (Å²) in [6.07, 6.45) is 6.64. The predicted molar refractivity (Wildman–Crippen MR) is 117 cm³/mol. The van der Waals surface area contributed by atoms with Crippen molar-refractivity contribution in [2.24, 2.45) is 5.92 Å². The van der Waals surface area contributed by atoms with Gasteiger partial charge in [0.05, 0.1) is 17.2 Å². The third kappa shape index (κ3) is 4.09. The van der Waals surface area contributed by atoms with Crippen molar-refractivity contribution >= 4 is 28.4 Å². The number of H-pyrrole nitrogens is 1. The molecule has 1 aliphatic heterocycles. The van der Waals surface area contributed by atoms with E-state index in [4.69, 9.17) is 0 Å². The average molecular weight is 416 g/mol. The van der Waals surface area contributed by atoms with Gasteiger partial charge in [0.1, 0.15) is 17.5 Å². The quantitative estimate of drug-likeness (QED) is 0.525. The number of imidazole rings is 1. The van der Waals surface area contributed by atoms with Crippen LogP contribution in [0.5, 0.6) is 0 Å². The summed E-state index contributed by atoms with van der Waals surface area (Å²) in [5.41, 5.74) is 2.97. The Morgan fingerprint density at radius 2 is 1.90 bits per heavy atom. The second kappa shape index (κ2) is 8.14. The first-order valence-corrected chi connectivity index (χ1v) is 10.2. The largest absolute Gasteiger partial charge is 0.355 e. The standard InChI is InChI=1S/C23H21FN6O/c24-17-3-6-19-20(13-17)29-22(28-19)15-1-4-18(5-2-15)27-23(31)16-7-11-30(12-8-16)21-14-25-9-10-26-21/h1-6,9-10,13-14,16H,7-8,11-12H2,(H,27,31)(H,28,29). The van der Waals surface area contributed by atoms with Gasteiger partial charge >= 0.3 is 0 Å². The number of aromatic nitrogens is 4. The molecule has 0 saturated carbocycles. The van der Waals surface area contributed by atoms with E-state index in [9.17, 15) is 9.18 Å². The normalized spacial score (nSPS) is 14.7. The van der Waals surface area contributed by atoms with Gasteiger partial charge in [0.2, 0.25) is 5.91 Å². The molecule has 31 heavy (non-hydrogen) atoms. The molecule has 7 nitrogen and oxygen atoms in total. The molecule has 2 N–H and O–H groups in total. The van der Waals surface area contributed by atoms with Crippen LogP contribution in [0.25, 0.3) is 22.4 Å². The number of aromatic amines is 1. The van der Waals surface area contributed by atoms with Gasteiger partial charge in [0.15, 0.2) is 0 Å². The van der Waals surface area contributed by atoms with Gasteiger partial charge in [-0.2, -0.15) is 0 Å². The number of benzene rings is 2. The smallest absolute Gasteiger partial charge is 0.227 e. The van der Waals surface area contributed by atoms with E-state index in [1.54, 1.807) is 24.7 Å². The lowest BCUT2D eigenvalue weighted by atomic mass is 9.96. The summed E-state index contributed by atoms with van der Waals surface area (Å²) < 4.78 is 13.4. The summed E-state index contributed by atoms with van der Waals surface area (Å²) in [5.74, 6) is 1.21. The molecule has 3 heterocycles. The molecule has 1 aliphatic rings. The van der Waals surface area contributed by atoms with Crippen LogP contribution in [0.1, 0.15) is 12.8 Å². The Hall–Kier alpha value is -3.81. The highest BCUT2D eigenvalue weighted by Gasteiger charge is 2.25. The number of carbonyl (C=O) groups excluding carboxylic acids is 1. The molecule has 1 amide bonds. The van der Waals surface area contributed by atoms with E-state index in [-0.39, 0.29) is 17.6 Å². The Labute approximate surface area is 178 Å². The first-order valence-electron chi connectivity index (χ1n) is 10.2. The fourth-order valence-corrected chi connectivity index (χ4v) is 3.90. The zero-order valence-electron chi connectivity index (χ0n) is 16.8. The van der Waals surface area contributed by atoms with Crippen LogP contribution in [-0.2, 0) is 4.79 Å². The van der Waals surface area contributed by atoms with Gasteiger partial charge in [-0.3, -0.25) is 9.78 Å². The van der Waals surface area contributed by atoms with E-state index in [2.05, 4.69) is 30.2 Å². The molecule has 5 rings (SSSR count). The fraction of sp³-hybridized carbons (Fsp3) is 0.217.